The maximum Gasteiger partial charge on any atom is 0.227 e. The van der Waals surface area contributed by atoms with E-state index in [0.29, 0.717) is 18.5 Å². The molecule has 1 aliphatic heterocycles. The fourth-order valence-electron chi connectivity index (χ4n) is 3.13. The number of carbonyl (C=O) groups is 2. The van der Waals surface area contributed by atoms with E-state index in [2.05, 4.69) is 0 Å². The highest BCUT2D eigenvalue weighted by Crippen LogP contribution is 2.26. The van der Waals surface area contributed by atoms with Crippen LogP contribution in [0.5, 0.6) is 0 Å². The highest BCUT2D eigenvalue weighted by molar-refractivity contribution is 5.81. The molecule has 23 heavy (non-hydrogen) atoms. The van der Waals surface area contributed by atoms with Crippen LogP contribution in [0.25, 0.3) is 0 Å². The molecule has 2 unspecified atom stereocenters. The van der Waals surface area contributed by atoms with Crippen LogP contribution < -0.4 is 0 Å². The Morgan fingerprint density at radius 2 is 2.09 bits per heavy atom. The Morgan fingerprint density at radius 1 is 1.39 bits per heavy atom. The van der Waals surface area contributed by atoms with Gasteiger partial charge in [-0.1, -0.05) is 25.1 Å². The van der Waals surface area contributed by atoms with Crippen LogP contribution >= 0.6 is 0 Å². The molecule has 2 atom stereocenters. The van der Waals surface area contributed by atoms with E-state index in [0.717, 1.165) is 19.4 Å². The fourth-order valence-corrected chi connectivity index (χ4v) is 3.13. The predicted octanol–water partition coefficient (Wildman–Crippen LogP) is 2.99. The predicted molar refractivity (Wildman–Crippen MR) is 87.2 cm³/mol. The van der Waals surface area contributed by atoms with Crippen LogP contribution in [0.2, 0.25) is 0 Å². The number of rotatable bonds is 4. The normalized spacial score (nSPS) is 19.3. The van der Waals surface area contributed by atoms with Crippen molar-refractivity contribution in [1.29, 1.82) is 0 Å². The van der Waals surface area contributed by atoms with Gasteiger partial charge >= 0.3 is 0 Å². The molecule has 2 rings (SSSR count). The molecule has 2 amide bonds. The quantitative estimate of drug-likeness (QED) is 0.856. The second kappa shape index (κ2) is 7.57. The SMILES string of the molecule is CCC(=O)N1CCCC(C(=O)N(C)C(C)c2ccccc2F)C1. The van der Waals surface area contributed by atoms with Gasteiger partial charge < -0.3 is 9.80 Å². The number of hydrogen-bond acceptors (Lipinski definition) is 2. The van der Waals surface area contributed by atoms with Crippen molar-refractivity contribution in [2.45, 2.75) is 39.2 Å². The van der Waals surface area contributed by atoms with Gasteiger partial charge in [0.05, 0.1) is 12.0 Å². The average molecular weight is 320 g/mol. The molecule has 1 fully saturated rings. The Hall–Kier alpha value is -1.91. The molecule has 1 saturated heterocycles. The second-order valence-corrected chi connectivity index (χ2v) is 6.18. The van der Waals surface area contributed by atoms with Gasteiger partial charge in [0, 0.05) is 32.1 Å². The molecule has 1 aromatic carbocycles. The molecular formula is C18H25FN2O2. The Kier molecular flexibility index (Phi) is 5.74. The smallest absolute Gasteiger partial charge is 0.227 e. The molecule has 0 N–H and O–H groups in total. The van der Waals surface area contributed by atoms with Gasteiger partial charge in [-0.2, -0.15) is 0 Å². The summed E-state index contributed by atoms with van der Waals surface area (Å²) in [7, 11) is 1.71. The molecule has 0 aliphatic carbocycles. The number of likely N-dealkylation sites (tertiary alicyclic amines) is 1. The van der Waals surface area contributed by atoms with Gasteiger partial charge in [-0.05, 0) is 25.8 Å². The van der Waals surface area contributed by atoms with Crippen molar-refractivity contribution in [1.82, 2.24) is 9.80 Å². The lowest BCUT2D eigenvalue weighted by Gasteiger charge is -2.35. The van der Waals surface area contributed by atoms with Crippen molar-refractivity contribution >= 4 is 11.8 Å². The Bertz CT molecular complexity index is 576. The van der Waals surface area contributed by atoms with Gasteiger partial charge in [0.15, 0.2) is 0 Å². The van der Waals surface area contributed by atoms with Gasteiger partial charge in [0.1, 0.15) is 5.82 Å². The zero-order valence-electron chi connectivity index (χ0n) is 14.1. The minimum atomic E-state index is -0.332. The molecule has 0 spiro atoms. The number of amides is 2. The third-order valence-electron chi connectivity index (χ3n) is 4.71. The molecule has 0 radical (unpaired) electrons. The summed E-state index contributed by atoms with van der Waals surface area (Å²) in [5.41, 5.74) is 0.514. The van der Waals surface area contributed by atoms with Crippen LogP contribution in [0.4, 0.5) is 4.39 Å². The van der Waals surface area contributed by atoms with Crippen molar-refractivity contribution in [3.05, 3.63) is 35.6 Å². The Morgan fingerprint density at radius 3 is 2.74 bits per heavy atom. The lowest BCUT2D eigenvalue weighted by atomic mass is 9.95. The van der Waals surface area contributed by atoms with E-state index in [-0.39, 0.29) is 29.6 Å². The fraction of sp³-hybridized carbons (Fsp3) is 0.556. The molecule has 5 heteroatoms. The summed E-state index contributed by atoms with van der Waals surface area (Å²) in [6, 6.07) is 6.20. The Balaban J connectivity index is 2.07. The minimum Gasteiger partial charge on any atom is -0.342 e. The summed E-state index contributed by atoms with van der Waals surface area (Å²) in [6.07, 6.45) is 2.08. The first-order chi connectivity index (χ1) is 11.0. The van der Waals surface area contributed by atoms with Gasteiger partial charge in [-0.3, -0.25) is 9.59 Å². The van der Waals surface area contributed by atoms with Crippen molar-refractivity contribution in [2.24, 2.45) is 5.92 Å². The third kappa shape index (κ3) is 3.89. The van der Waals surface area contributed by atoms with E-state index in [1.54, 1.807) is 35.0 Å². The zero-order chi connectivity index (χ0) is 17.0. The minimum absolute atomic E-state index is 0.0191. The topological polar surface area (TPSA) is 40.6 Å². The van der Waals surface area contributed by atoms with Gasteiger partial charge in [-0.25, -0.2) is 4.39 Å². The van der Waals surface area contributed by atoms with E-state index in [9.17, 15) is 14.0 Å². The molecular weight excluding hydrogens is 295 g/mol. The van der Waals surface area contributed by atoms with Crippen molar-refractivity contribution < 1.29 is 14.0 Å². The van der Waals surface area contributed by atoms with Crippen LogP contribution in [0.1, 0.15) is 44.7 Å². The van der Waals surface area contributed by atoms with Crippen LogP contribution in [-0.2, 0) is 9.59 Å². The standard InChI is InChI=1S/C18H25FN2O2/c1-4-17(22)21-11-7-8-14(12-21)18(23)20(3)13(2)15-9-5-6-10-16(15)19/h5-6,9-10,13-14H,4,7-8,11-12H2,1-3H3. The summed E-state index contributed by atoms with van der Waals surface area (Å²) in [5, 5.41) is 0. The van der Waals surface area contributed by atoms with Crippen LogP contribution in [-0.4, -0.2) is 41.8 Å². The molecule has 1 heterocycles. The van der Waals surface area contributed by atoms with Crippen LogP contribution in [0.15, 0.2) is 24.3 Å². The monoisotopic (exact) mass is 320 g/mol. The van der Waals surface area contributed by atoms with E-state index in [1.165, 1.54) is 6.07 Å². The van der Waals surface area contributed by atoms with E-state index in [1.807, 2.05) is 13.8 Å². The van der Waals surface area contributed by atoms with Crippen molar-refractivity contribution in [2.75, 3.05) is 20.1 Å². The second-order valence-electron chi connectivity index (χ2n) is 6.18. The van der Waals surface area contributed by atoms with E-state index in [4.69, 9.17) is 0 Å². The molecule has 1 aliphatic rings. The van der Waals surface area contributed by atoms with Crippen LogP contribution in [0, 0.1) is 11.7 Å². The number of benzene rings is 1. The summed E-state index contributed by atoms with van der Waals surface area (Å²) < 4.78 is 13.9. The average Bonchev–Trinajstić information content (AvgIpc) is 2.59. The number of piperidine rings is 1. The molecule has 126 valence electrons. The van der Waals surface area contributed by atoms with E-state index < -0.39 is 0 Å². The van der Waals surface area contributed by atoms with Gasteiger partial charge in [-0.15, -0.1) is 0 Å². The maximum atomic E-state index is 13.9. The van der Waals surface area contributed by atoms with Gasteiger partial charge in [0.2, 0.25) is 11.8 Å². The summed E-state index contributed by atoms with van der Waals surface area (Å²) in [5.74, 6) is -0.425. The molecule has 4 nitrogen and oxygen atoms in total. The van der Waals surface area contributed by atoms with Crippen LogP contribution in [0.3, 0.4) is 0 Å². The number of carbonyl (C=O) groups excluding carboxylic acids is 2. The first-order valence-corrected chi connectivity index (χ1v) is 8.24. The van der Waals surface area contributed by atoms with Gasteiger partial charge in [0.25, 0.3) is 0 Å². The van der Waals surface area contributed by atoms with E-state index >= 15 is 0 Å². The highest BCUT2D eigenvalue weighted by Gasteiger charge is 2.31. The van der Waals surface area contributed by atoms with Crippen molar-refractivity contribution in [3.8, 4) is 0 Å². The molecule has 0 saturated carbocycles. The summed E-state index contributed by atoms with van der Waals surface area (Å²) >= 11 is 0. The molecule has 0 aromatic heterocycles. The first-order valence-electron chi connectivity index (χ1n) is 8.24. The lowest BCUT2D eigenvalue weighted by Crippen LogP contribution is -2.46. The molecule has 0 bridgehead atoms. The maximum absolute atomic E-state index is 13.9. The number of halogens is 1. The number of nitrogens with zero attached hydrogens (tertiary/aromatic N) is 2. The first kappa shape index (κ1) is 17.4. The zero-order valence-corrected chi connectivity index (χ0v) is 14.1. The summed E-state index contributed by atoms with van der Waals surface area (Å²) in [6.45, 7) is 4.86. The highest BCUT2D eigenvalue weighted by atomic mass is 19.1. The number of hydrogen-bond donors (Lipinski definition) is 0. The Labute approximate surface area is 137 Å². The van der Waals surface area contributed by atoms with Crippen molar-refractivity contribution in [3.63, 3.8) is 0 Å². The third-order valence-corrected chi connectivity index (χ3v) is 4.71. The molecule has 1 aromatic rings. The lowest BCUT2D eigenvalue weighted by molar-refractivity contribution is -0.141. The largest absolute Gasteiger partial charge is 0.342 e. The summed E-state index contributed by atoms with van der Waals surface area (Å²) in [4.78, 5) is 28.0.